The van der Waals surface area contributed by atoms with Gasteiger partial charge in [-0.05, 0) is 42.7 Å². The first kappa shape index (κ1) is 19.1. The number of benzene rings is 3. The van der Waals surface area contributed by atoms with E-state index in [1.54, 1.807) is 6.92 Å². The topological polar surface area (TPSA) is 55.6 Å². The summed E-state index contributed by atoms with van der Waals surface area (Å²) in [6.07, 6.45) is 1.07. The van der Waals surface area contributed by atoms with Crippen LogP contribution in [0, 0.1) is 0 Å². The van der Waals surface area contributed by atoms with Crippen LogP contribution in [0.4, 0.5) is 5.69 Å². The Balaban J connectivity index is 1.60. The molecule has 1 aliphatic rings. The molecule has 0 aromatic heterocycles. The number of ether oxygens (including phenoxy) is 1. The molecular weight excluding hydrogens is 360 g/mol. The van der Waals surface area contributed by atoms with E-state index in [2.05, 4.69) is 48.3 Å². The number of nitrogens with two attached hydrogens (primary N) is 1. The molecule has 4 nitrogen and oxygen atoms in total. The summed E-state index contributed by atoms with van der Waals surface area (Å²) in [5, 5.41) is 0. The van der Waals surface area contributed by atoms with Crippen LogP contribution in [0.2, 0.25) is 0 Å². The minimum absolute atomic E-state index is 0.355. The maximum atomic E-state index is 12.2. The van der Waals surface area contributed by atoms with E-state index in [9.17, 15) is 4.79 Å². The summed E-state index contributed by atoms with van der Waals surface area (Å²) in [5.74, 6) is 0.463. The van der Waals surface area contributed by atoms with Crippen molar-refractivity contribution in [3.8, 4) is 5.75 Å². The SMILES string of the molecule is CN1CCC(c2ccc(OC(C)(C(N)=O)c3ccccc3)cc2)c2ccccc21. The molecule has 0 bridgehead atoms. The van der Waals surface area contributed by atoms with Gasteiger partial charge in [0.1, 0.15) is 5.75 Å². The number of rotatable bonds is 5. The summed E-state index contributed by atoms with van der Waals surface area (Å²) in [4.78, 5) is 14.5. The Hall–Kier alpha value is -3.27. The minimum Gasteiger partial charge on any atom is -0.473 e. The van der Waals surface area contributed by atoms with Crippen molar-refractivity contribution in [3.63, 3.8) is 0 Å². The van der Waals surface area contributed by atoms with Crippen LogP contribution in [0.1, 0.15) is 36.0 Å². The zero-order valence-corrected chi connectivity index (χ0v) is 16.8. The molecule has 1 heterocycles. The Labute approximate surface area is 171 Å². The second-order valence-electron chi connectivity index (χ2n) is 7.76. The Morgan fingerprint density at radius 1 is 1.00 bits per heavy atom. The highest BCUT2D eigenvalue weighted by atomic mass is 16.5. The predicted molar refractivity (Wildman–Crippen MR) is 116 cm³/mol. The molecule has 4 rings (SSSR count). The molecule has 3 aromatic rings. The maximum absolute atomic E-state index is 12.2. The molecule has 0 radical (unpaired) electrons. The molecule has 0 saturated carbocycles. The van der Waals surface area contributed by atoms with Crippen LogP contribution < -0.4 is 15.4 Å². The van der Waals surface area contributed by atoms with Gasteiger partial charge in [-0.3, -0.25) is 4.79 Å². The number of hydrogen-bond donors (Lipinski definition) is 1. The van der Waals surface area contributed by atoms with Gasteiger partial charge >= 0.3 is 0 Å². The van der Waals surface area contributed by atoms with Crippen LogP contribution in [0.25, 0.3) is 0 Å². The summed E-state index contributed by atoms with van der Waals surface area (Å²) >= 11 is 0. The standard InChI is InChI=1S/C25H26N2O2/c1-25(24(26)28,19-8-4-3-5-9-19)29-20-14-12-18(13-15-20)21-16-17-27(2)23-11-7-6-10-22(21)23/h3-15,21H,16-17H2,1-2H3,(H2,26,28). The Morgan fingerprint density at radius 3 is 2.34 bits per heavy atom. The number of primary amides is 1. The largest absolute Gasteiger partial charge is 0.473 e. The van der Waals surface area contributed by atoms with Gasteiger partial charge in [0.15, 0.2) is 0 Å². The third kappa shape index (κ3) is 3.58. The van der Waals surface area contributed by atoms with Crippen LogP contribution in [-0.2, 0) is 10.4 Å². The number of fused-ring (bicyclic) bond motifs is 1. The molecule has 1 aliphatic heterocycles. The van der Waals surface area contributed by atoms with Gasteiger partial charge in [0, 0.05) is 30.8 Å². The number of carbonyl (C=O) groups is 1. The van der Waals surface area contributed by atoms with E-state index in [4.69, 9.17) is 10.5 Å². The average molecular weight is 386 g/mol. The van der Waals surface area contributed by atoms with E-state index in [1.807, 2.05) is 42.5 Å². The molecular formula is C25H26N2O2. The fraction of sp³-hybridized carbons (Fsp3) is 0.240. The summed E-state index contributed by atoms with van der Waals surface area (Å²) < 4.78 is 6.10. The number of nitrogens with zero attached hydrogens (tertiary/aromatic N) is 1. The fourth-order valence-corrected chi connectivity index (χ4v) is 4.09. The second kappa shape index (κ2) is 7.63. The van der Waals surface area contributed by atoms with E-state index >= 15 is 0 Å². The number of para-hydroxylation sites is 1. The molecule has 0 saturated heterocycles. The molecule has 0 fully saturated rings. The van der Waals surface area contributed by atoms with Gasteiger partial charge in [-0.25, -0.2) is 0 Å². The van der Waals surface area contributed by atoms with Crippen LogP contribution in [0.5, 0.6) is 5.75 Å². The lowest BCUT2D eigenvalue weighted by Gasteiger charge is -2.33. The fourth-order valence-electron chi connectivity index (χ4n) is 4.09. The van der Waals surface area contributed by atoms with Crippen molar-refractivity contribution in [1.82, 2.24) is 0 Å². The lowest BCUT2D eigenvalue weighted by molar-refractivity contribution is -0.132. The van der Waals surface area contributed by atoms with E-state index in [-0.39, 0.29) is 0 Å². The second-order valence-corrected chi connectivity index (χ2v) is 7.76. The molecule has 148 valence electrons. The van der Waals surface area contributed by atoms with Crippen molar-refractivity contribution in [3.05, 3.63) is 95.6 Å². The normalized spacial score (nSPS) is 17.9. The summed E-state index contributed by atoms with van der Waals surface area (Å²) in [6, 6.07) is 26.0. The van der Waals surface area contributed by atoms with Crippen molar-refractivity contribution in [2.45, 2.75) is 24.9 Å². The maximum Gasteiger partial charge on any atom is 0.266 e. The van der Waals surface area contributed by atoms with Crippen LogP contribution >= 0.6 is 0 Å². The van der Waals surface area contributed by atoms with Gasteiger partial charge in [-0.15, -0.1) is 0 Å². The number of anilines is 1. The van der Waals surface area contributed by atoms with E-state index in [1.165, 1.54) is 16.8 Å². The molecule has 0 aliphatic carbocycles. The first-order valence-electron chi connectivity index (χ1n) is 9.93. The molecule has 29 heavy (non-hydrogen) atoms. The lowest BCUT2D eigenvalue weighted by Crippen LogP contribution is -2.43. The summed E-state index contributed by atoms with van der Waals surface area (Å²) in [6.45, 7) is 2.74. The zero-order valence-electron chi connectivity index (χ0n) is 16.8. The molecule has 2 atom stereocenters. The van der Waals surface area contributed by atoms with E-state index in [0.717, 1.165) is 18.5 Å². The van der Waals surface area contributed by atoms with Crippen LogP contribution in [0.15, 0.2) is 78.9 Å². The van der Waals surface area contributed by atoms with E-state index < -0.39 is 11.5 Å². The quantitative estimate of drug-likeness (QED) is 0.705. The smallest absolute Gasteiger partial charge is 0.266 e. The molecule has 2 N–H and O–H groups in total. The lowest BCUT2D eigenvalue weighted by atomic mass is 9.84. The van der Waals surface area contributed by atoms with Gasteiger partial charge < -0.3 is 15.4 Å². The van der Waals surface area contributed by atoms with Crippen molar-refractivity contribution >= 4 is 11.6 Å². The van der Waals surface area contributed by atoms with Crippen molar-refractivity contribution in [1.29, 1.82) is 0 Å². The molecule has 0 spiro atoms. The Morgan fingerprint density at radius 2 is 1.66 bits per heavy atom. The van der Waals surface area contributed by atoms with Gasteiger partial charge in [0.05, 0.1) is 0 Å². The molecule has 3 aromatic carbocycles. The highest BCUT2D eigenvalue weighted by Crippen LogP contribution is 2.39. The highest BCUT2D eigenvalue weighted by Gasteiger charge is 2.35. The Kier molecular flexibility index (Phi) is 5.01. The third-order valence-electron chi connectivity index (χ3n) is 5.88. The summed E-state index contributed by atoms with van der Waals surface area (Å²) in [7, 11) is 2.14. The van der Waals surface area contributed by atoms with Gasteiger partial charge in [-0.2, -0.15) is 0 Å². The predicted octanol–water partition coefficient (Wildman–Crippen LogP) is 4.44. The minimum atomic E-state index is -1.22. The van der Waals surface area contributed by atoms with Crippen LogP contribution in [-0.4, -0.2) is 19.5 Å². The average Bonchev–Trinajstić information content (AvgIpc) is 2.75. The molecule has 2 unspecified atom stereocenters. The van der Waals surface area contributed by atoms with Gasteiger partial charge in [0.2, 0.25) is 5.60 Å². The van der Waals surface area contributed by atoms with Gasteiger partial charge in [-0.1, -0.05) is 60.7 Å². The number of hydrogen-bond acceptors (Lipinski definition) is 3. The van der Waals surface area contributed by atoms with Crippen LogP contribution in [0.3, 0.4) is 0 Å². The molecule has 4 heteroatoms. The molecule has 1 amide bonds. The number of amides is 1. The monoisotopic (exact) mass is 386 g/mol. The number of carbonyl (C=O) groups excluding carboxylic acids is 1. The van der Waals surface area contributed by atoms with Crippen molar-refractivity contribution in [2.24, 2.45) is 5.73 Å². The summed E-state index contributed by atoms with van der Waals surface area (Å²) in [5.41, 5.74) is 9.10. The highest BCUT2D eigenvalue weighted by molar-refractivity contribution is 5.85. The van der Waals surface area contributed by atoms with Crippen molar-refractivity contribution in [2.75, 3.05) is 18.5 Å². The first-order valence-corrected chi connectivity index (χ1v) is 9.93. The van der Waals surface area contributed by atoms with E-state index in [0.29, 0.717) is 11.7 Å². The van der Waals surface area contributed by atoms with Crippen molar-refractivity contribution < 1.29 is 9.53 Å². The van der Waals surface area contributed by atoms with Gasteiger partial charge in [0.25, 0.3) is 5.91 Å². The third-order valence-corrected chi connectivity index (χ3v) is 5.88. The Bertz CT molecular complexity index is 1000. The zero-order chi connectivity index (χ0) is 20.4. The first-order chi connectivity index (χ1) is 14.0.